The zero-order valence-electron chi connectivity index (χ0n) is 29.5. The number of carbonyl (C=O) groups excluding carboxylic acids is 4. The van der Waals surface area contributed by atoms with Crippen LogP contribution in [0.4, 0.5) is 9.59 Å². The standard InChI is InChI=1S/C15H20N4O4.C10H14N4O.C9H11NO6/c16-19-17-9-14(20)13(8-11-4-2-1-3-5-11)18-15(21)23-12-6-7-22-10-12;11-9(10(15)7-13-14-12)6-8-4-2-1-3-5-8;11-7-1-2-8(12)10(7)16-9(13)15-6-3-4-14-5-6/h1-5,12-14,20H,6-10H2,(H,18,21);1-5,9-10,15H,6-7,11H2;6H,1-5H2/t12-,13-,14+;9-,10+;6-/m000/s1. The maximum atomic E-state index is 12.0. The summed E-state index contributed by atoms with van der Waals surface area (Å²) in [4.78, 5) is 55.1. The molecule has 20 nitrogen and oxygen atoms in total. The van der Waals surface area contributed by atoms with E-state index in [0.717, 1.165) is 11.1 Å². The normalized spacial score (nSPS) is 19.6. The Labute approximate surface area is 310 Å². The zero-order valence-corrected chi connectivity index (χ0v) is 29.5. The third-order valence-corrected chi connectivity index (χ3v) is 8.02. The molecule has 0 radical (unpaired) electrons. The molecular weight excluding hydrogens is 710 g/mol. The molecule has 3 aliphatic heterocycles. The highest BCUT2D eigenvalue weighted by atomic mass is 16.8. The van der Waals surface area contributed by atoms with Crippen LogP contribution in [0, 0.1) is 0 Å². The van der Waals surface area contributed by atoms with Crippen LogP contribution in [-0.4, -0.2) is 115 Å². The van der Waals surface area contributed by atoms with Crippen molar-refractivity contribution < 1.29 is 53.2 Å². The van der Waals surface area contributed by atoms with Crippen molar-refractivity contribution in [1.29, 1.82) is 0 Å². The summed E-state index contributed by atoms with van der Waals surface area (Å²) < 4.78 is 20.2. The van der Waals surface area contributed by atoms with Gasteiger partial charge in [0.05, 0.1) is 57.8 Å². The molecule has 0 bridgehead atoms. The van der Waals surface area contributed by atoms with Crippen LogP contribution in [-0.2, 0) is 46.2 Å². The highest BCUT2D eigenvalue weighted by Gasteiger charge is 2.34. The molecule has 0 aromatic heterocycles. The minimum Gasteiger partial charge on any atom is -0.444 e. The van der Waals surface area contributed by atoms with E-state index in [2.05, 4.69) is 30.2 Å². The lowest BCUT2D eigenvalue weighted by molar-refractivity contribution is -0.178. The van der Waals surface area contributed by atoms with Gasteiger partial charge in [-0.3, -0.25) is 14.4 Å². The van der Waals surface area contributed by atoms with Gasteiger partial charge in [0.2, 0.25) is 0 Å². The summed E-state index contributed by atoms with van der Waals surface area (Å²) >= 11 is 0. The molecule has 3 saturated heterocycles. The van der Waals surface area contributed by atoms with Crippen molar-refractivity contribution in [3.63, 3.8) is 0 Å². The second-order valence-electron chi connectivity index (χ2n) is 12.2. The molecule has 3 fully saturated rings. The van der Waals surface area contributed by atoms with Crippen LogP contribution in [0.3, 0.4) is 0 Å². The van der Waals surface area contributed by atoms with Gasteiger partial charge in [-0.2, -0.15) is 0 Å². The molecule has 20 heteroatoms. The maximum absolute atomic E-state index is 12.0. The van der Waals surface area contributed by atoms with E-state index in [9.17, 15) is 29.4 Å². The molecule has 2 aromatic carbocycles. The first-order valence-electron chi connectivity index (χ1n) is 17.2. The van der Waals surface area contributed by atoms with Crippen molar-refractivity contribution in [2.75, 3.05) is 39.5 Å². The highest BCUT2D eigenvalue weighted by molar-refractivity contribution is 6.01. The van der Waals surface area contributed by atoms with E-state index in [0.29, 0.717) is 57.2 Å². The summed E-state index contributed by atoms with van der Waals surface area (Å²) in [7, 11) is 0. The third kappa shape index (κ3) is 16.1. The molecule has 292 valence electrons. The van der Waals surface area contributed by atoms with Crippen molar-refractivity contribution in [2.45, 2.75) is 75.0 Å². The molecule has 3 amide bonds. The Kier molecular flexibility index (Phi) is 19.1. The van der Waals surface area contributed by atoms with Crippen LogP contribution < -0.4 is 11.1 Å². The molecule has 0 saturated carbocycles. The fourth-order valence-electron chi connectivity index (χ4n) is 5.12. The number of nitrogens with two attached hydrogens (primary N) is 1. The first-order valence-corrected chi connectivity index (χ1v) is 17.2. The number of alkyl carbamates (subject to hydrolysis) is 1. The Morgan fingerprint density at radius 1 is 0.833 bits per heavy atom. The van der Waals surface area contributed by atoms with Gasteiger partial charge in [0.25, 0.3) is 11.8 Å². The van der Waals surface area contributed by atoms with Gasteiger partial charge < -0.3 is 40.2 Å². The van der Waals surface area contributed by atoms with E-state index < -0.39 is 48.4 Å². The SMILES string of the molecule is O=C(O[C@H]1CCOC1)ON1C(=O)CCC1=O.[N-]=[N+]=NC[C@@H](O)[C@@H](N)Cc1ccccc1.[N-]=[N+]=NC[C@@H](O)[C@H](Cc1ccccc1)NC(=O)O[C@H]1CCOC1. The molecule has 3 aliphatic rings. The number of aliphatic hydroxyl groups excluding tert-OH is 2. The van der Waals surface area contributed by atoms with Crippen LogP contribution >= 0.6 is 0 Å². The molecule has 0 aliphatic carbocycles. The molecule has 5 rings (SSSR count). The second kappa shape index (κ2) is 24.0. The van der Waals surface area contributed by atoms with Gasteiger partial charge in [-0.15, -0.1) is 0 Å². The predicted molar refractivity (Wildman–Crippen MR) is 189 cm³/mol. The Balaban J connectivity index is 0.000000225. The van der Waals surface area contributed by atoms with Crippen molar-refractivity contribution in [3.8, 4) is 0 Å². The molecule has 2 aromatic rings. The van der Waals surface area contributed by atoms with E-state index in [-0.39, 0.29) is 38.1 Å². The van der Waals surface area contributed by atoms with Gasteiger partial charge in [0.1, 0.15) is 12.2 Å². The van der Waals surface area contributed by atoms with Crippen molar-refractivity contribution in [3.05, 3.63) is 92.7 Å². The largest absolute Gasteiger partial charge is 0.534 e. The lowest BCUT2D eigenvalue weighted by Gasteiger charge is -2.23. The molecule has 5 N–H and O–H groups in total. The topological polar surface area (TPSA) is 294 Å². The summed E-state index contributed by atoms with van der Waals surface area (Å²) in [6.07, 6.45) is -1.70. The number of aliphatic hydroxyl groups is 2. The molecule has 3 heterocycles. The number of nitrogens with zero attached hydrogens (tertiary/aromatic N) is 7. The average molecular weight is 756 g/mol. The summed E-state index contributed by atoms with van der Waals surface area (Å²) in [5, 5.41) is 29.4. The molecule has 54 heavy (non-hydrogen) atoms. The number of hydroxylamine groups is 2. The Hall–Kier alpha value is -5.46. The Morgan fingerprint density at radius 3 is 1.83 bits per heavy atom. The number of amides is 3. The number of azide groups is 2. The minimum atomic E-state index is -1.04. The summed E-state index contributed by atoms with van der Waals surface area (Å²) in [6, 6.07) is 18.1. The summed E-state index contributed by atoms with van der Waals surface area (Å²) in [5.74, 6) is -1.05. The smallest absolute Gasteiger partial charge is 0.444 e. The lowest BCUT2D eigenvalue weighted by Crippen LogP contribution is -2.47. The Bertz CT molecular complexity index is 1550. The number of hydrogen-bond acceptors (Lipinski definition) is 14. The zero-order chi connectivity index (χ0) is 39.1. The van der Waals surface area contributed by atoms with Crippen LogP contribution in [0.1, 0.15) is 36.8 Å². The van der Waals surface area contributed by atoms with E-state index in [1.165, 1.54) is 0 Å². The fourth-order valence-corrected chi connectivity index (χ4v) is 5.12. The van der Waals surface area contributed by atoms with Gasteiger partial charge in [-0.25, -0.2) is 9.59 Å². The summed E-state index contributed by atoms with van der Waals surface area (Å²) in [5.41, 5.74) is 24.2. The van der Waals surface area contributed by atoms with Crippen LogP contribution in [0.2, 0.25) is 0 Å². The first kappa shape index (κ1) is 42.9. The molecular formula is C34H45N9O11. The van der Waals surface area contributed by atoms with Crippen molar-refractivity contribution >= 4 is 24.1 Å². The monoisotopic (exact) mass is 755 g/mol. The fraction of sp³-hybridized carbons (Fsp3) is 0.529. The Morgan fingerprint density at radius 2 is 1.33 bits per heavy atom. The van der Waals surface area contributed by atoms with Gasteiger partial charge in [-0.1, -0.05) is 76.0 Å². The van der Waals surface area contributed by atoms with Crippen LogP contribution in [0.25, 0.3) is 20.9 Å². The molecule has 0 spiro atoms. The number of imide groups is 1. The van der Waals surface area contributed by atoms with Gasteiger partial charge in [-0.05, 0) is 35.0 Å². The van der Waals surface area contributed by atoms with Gasteiger partial charge in [0.15, 0.2) is 0 Å². The van der Waals surface area contributed by atoms with Gasteiger partial charge in [0, 0.05) is 41.5 Å². The number of carbonyl (C=O) groups is 4. The number of nitrogens with one attached hydrogen (secondary N) is 1. The minimum absolute atomic E-state index is 0.0184. The quantitative estimate of drug-likeness (QED) is 0.0711. The van der Waals surface area contributed by atoms with Crippen LogP contribution in [0.15, 0.2) is 70.9 Å². The number of benzene rings is 2. The summed E-state index contributed by atoms with van der Waals surface area (Å²) in [6.45, 7) is 1.70. The number of ether oxygens (including phenoxy) is 4. The third-order valence-electron chi connectivity index (χ3n) is 8.02. The van der Waals surface area contributed by atoms with E-state index >= 15 is 0 Å². The molecule has 0 unspecified atom stereocenters. The first-order chi connectivity index (χ1) is 26.1. The predicted octanol–water partition coefficient (Wildman–Crippen LogP) is 3.00. The van der Waals surface area contributed by atoms with Crippen molar-refractivity contribution in [1.82, 2.24) is 10.4 Å². The maximum Gasteiger partial charge on any atom is 0.534 e. The van der Waals surface area contributed by atoms with Crippen LogP contribution in [0.5, 0.6) is 0 Å². The van der Waals surface area contributed by atoms with E-state index in [4.69, 9.17) is 35.7 Å². The van der Waals surface area contributed by atoms with E-state index in [1.807, 2.05) is 60.7 Å². The van der Waals surface area contributed by atoms with E-state index in [1.54, 1.807) is 0 Å². The highest BCUT2D eigenvalue weighted by Crippen LogP contribution is 2.15. The second-order valence-corrected chi connectivity index (χ2v) is 12.2. The van der Waals surface area contributed by atoms with Crippen molar-refractivity contribution in [2.24, 2.45) is 16.0 Å². The van der Waals surface area contributed by atoms with Gasteiger partial charge >= 0.3 is 12.2 Å². The average Bonchev–Trinajstić information content (AvgIpc) is 3.95. The lowest BCUT2D eigenvalue weighted by atomic mass is 10.0. The molecule has 6 atom stereocenters. The number of hydrogen-bond donors (Lipinski definition) is 4. The number of rotatable bonds is 14.